The predicted molar refractivity (Wildman–Crippen MR) is 94.2 cm³/mol. The first kappa shape index (κ1) is 16.9. The number of nitrogens with zero attached hydrogens (tertiary/aromatic N) is 1. The lowest BCUT2D eigenvalue weighted by molar-refractivity contribution is -0.140. The lowest BCUT2D eigenvalue weighted by Gasteiger charge is -2.19. The lowest BCUT2D eigenvalue weighted by Crippen LogP contribution is -2.35. The topological polar surface area (TPSA) is 66.5 Å². The molecule has 0 aromatic heterocycles. The molecule has 132 valence electrons. The Morgan fingerprint density at radius 2 is 1.76 bits per heavy atom. The molecule has 2 aliphatic carbocycles. The van der Waals surface area contributed by atoms with Crippen LogP contribution in [-0.4, -0.2) is 29.2 Å². The normalized spacial score (nSPS) is 30.1. The van der Waals surface area contributed by atoms with Crippen molar-refractivity contribution in [1.82, 2.24) is 4.90 Å². The SMILES string of the molecule is O=C(CCN1C(=O)[C@@H]2[C@H]3CC[C@@H](C3)[C@@H]2C1=O)Nc1ccc(Cl)cc1Cl. The van der Waals surface area contributed by atoms with Gasteiger partial charge in [0.1, 0.15) is 0 Å². The van der Waals surface area contributed by atoms with Crippen LogP contribution in [0.4, 0.5) is 5.69 Å². The summed E-state index contributed by atoms with van der Waals surface area (Å²) in [7, 11) is 0. The first-order valence-electron chi connectivity index (χ1n) is 8.56. The molecular weight excluding hydrogens is 363 g/mol. The van der Waals surface area contributed by atoms with Gasteiger partial charge in [0, 0.05) is 18.0 Å². The maximum absolute atomic E-state index is 12.6. The highest BCUT2D eigenvalue weighted by Gasteiger charge is 2.60. The number of nitrogens with one attached hydrogen (secondary N) is 1. The van der Waals surface area contributed by atoms with Crippen molar-refractivity contribution in [2.45, 2.75) is 25.7 Å². The number of likely N-dealkylation sites (tertiary alicyclic amines) is 1. The van der Waals surface area contributed by atoms with Crippen molar-refractivity contribution >= 4 is 46.6 Å². The van der Waals surface area contributed by atoms with Crippen molar-refractivity contribution in [2.75, 3.05) is 11.9 Å². The molecule has 1 heterocycles. The van der Waals surface area contributed by atoms with Crippen molar-refractivity contribution in [3.8, 4) is 0 Å². The summed E-state index contributed by atoms with van der Waals surface area (Å²) in [5, 5.41) is 3.52. The van der Waals surface area contributed by atoms with Crippen LogP contribution in [0.2, 0.25) is 10.0 Å². The quantitative estimate of drug-likeness (QED) is 0.814. The third-order valence-electron chi connectivity index (χ3n) is 5.79. The van der Waals surface area contributed by atoms with E-state index in [1.165, 1.54) is 4.90 Å². The molecule has 0 unspecified atom stereocenters. The monoisotopic (exact) mass is 380 g/mol. The van der Waals surface area contributed by atoms with Crippen LogP contribution in [0.15, 0.2) is 18.2 Å². The van der Waals surface area contributed by atoms with Gasteiger partial charge in [0.2, 0.25) is 17.7 Å². The number of benzene rings is 1. The van der Waals surface area contributed by atoms with E-state index in [0.717, 1.165) is 19.3 Å². The molecule has 1 aliphatic heterocycles. The van der Waals surface area contributed by atoms with Gasteiger partial charge in [-0.1, -0.05) is 23.2 Å². The Bertz CT molecular complexity index is 739. The van der Waals surface area contributed by atoms with Crippen molar-refractivity contribution in [2.24, 2.45) is 23.7 Å². The largest absolute Gasteiger partial charge is 0.325 e. The van der Waals surface area contributed by atoms with Gasteiger partial charge in [-0.2, -0.15) is 0 Å². The fourth-order valence-electron chi connectivity index (χ4n) is 4.71. The molecule has 3 fully saturated rings. The van der Waals surface area contributed by atoms with E-state index in [9.17, 15) is 14.4 Å². The molecule has 3 aliphatic rings. The van der Waals surface area contributed by atoms with Crippen LogP contribution in [-0.2, 0) is 14.4 Å². The second-order valence-corrected chi connectivity index (χ2v) is 7.98. The Balaban J connectivity index is 1.37. The van der Waals surface area contributed by atoms with Gasteiger partial charge in [0.05, 0.1) is 22.5 Å². The fraction of sp³-hybridized carbons (Fsp3) is 0.500. The smallest absolute Gasteiger partial charge is 0.233 e. The predicted octanol–water partition coefficient (Wildman–Crippen LogP) is 3.35. The second-order valence-electron chi connectivity index (χ2n) is 7.14. The Labute approximate surface area is 155 Å². The summed E-state index contributed by atoms with van der Waals surface area (Å²) in [6.45, 7) is 0.126. The number of carbonyl (C=O) groups excluding carboxylic acids is 3. The molecule has 3 amide bonds. The lowest BCUT2D eigenvalue weighted by atomic mass is 9.81. The van der Waals surface area contributed by atoms with E-state index in [2.05, 4.69) is 5.32 Å². The van der Waals surface area contributed by atoms with Gasteiger partial charge >= 0.3 is 0 Å². The average molecular weight is 381 g/mol. The van der Waals surface area contributed by atoms with Gasteiger partial charge in [-0.3, -0.25) is 19.3 Å². The van der Waals surface area contributed by atoms with Gasteiger partial charge in [-0.15, -0.1) is 0 Å². The first-order valence-corrected chi connectivity index (χ1v) is 9.31. The highest BCUT2D eigenvalue weighted by atomic mass is 35.5. The zero-order valence-electron chi connectivity index (χ0n) is 13.5. The number of anilines is 1. The molecule has 0 radical (unpaired) electrons. The zero-order chi connectivity index (χ0) is 17.7. The number of hydrogen-bond acceptors (Lipinski definition) is 3. The maximum Gasteiger partial charge on any atom is 0.233 e. The molecule has 1 saturated heterocycles. The number of hydrogen-bond donors (Lipinski definition) is 1. The van der Waals surface area contributed by atoms with E-state index >= 15 is 0 Å². The van der Waals surface area contributed by atoms with Crippen molar-refractivity contribution in [3.05, 3.63) is 28.2 Å². The summed E-state index contributed by atoms with van der Waals surface area (Å²) < 4.78 is 0. The van der Waals surface area contributed by atoms with Crippen LogP contribution >= 0.6 is 23.2 Å². The molecule has 1 aromatic carbocycles. The molecule has 25 heavy (non-hydrogen) atoms. The molecule has 0 spiro atoms. The van der Waals surface area contributed by atoms with Gasteiger partial charge in [0.15, 0.2) is 0 Å². The Morgan fingerprint density at radius 3 is 2.36 bits per heavy atom. The Morgan fingerprint density at radius 1 is 1.12 bits per heavy atom. The third-order valence-corrected chi connectivity index (χ3v) is 6.33. The Kier molecular flexibility index (Phi) is 4.24. The van der Waals surface area contributed by atoms with Crippen molar-refractivity contribution in [1.29, 1.82) is 0 Å². The van der Waals surface area contributed by atoms with Gasteiger partial charge in [-0.25, -0.2) is 0 Å². The van der Waals surface area contributed by atoms with Crippen LogP contribution in [0.5, 0.6) is 0 Å². The minimum absolute atomic E-state index is 0.0607. The fourth-order valence-corrected chi connectivity index (χ4v) is 5.16. The van der Waals surface area contributed by atoms with E-state index in [-0.39, 0.29) is 42.5 Å². The molecule has 2 bridgehead atoms. The minimum atomic E-state index is -0.287. The van der Waals surface area contributed by atoms with Gasteiger partial charge in [0.25, 0.3) is 0 Å². The van der Waals surface area contributed by atoms with E-state index in [1.807, 2.05) is 0 Å². The van der Waals surface area contributed by atoms with Crippen LogP contribution in [0, 0.1) is 23.7 Å². The van der Waals surface area contributed by atoms with E-state index in [0.29, 0.717) is 27.6 Å². The first-order chi connectivity index (χ1) is 12.0. The summed E-state index contributed by atoms with van der Waals surface area (Å²) in [4.78, 5) is 38.6. The van der Waals surface area contributed by atoms with Crippen molar-refractivity contribution in [3.63, 3.8) is 0 Å². The number of imide groups is 1. The van der Waals surface area contributed by atoms with Gasteiger partial charge in [-0.05, 0) is 49.3 Å². The average Bonchev–Trinajstić information content (AvgIpc) is 3.23. The maximum atomic E-state index is 12.6. The number of amides is 3. The highest BCUT2D eigenvalue weighted by molar-refractivity contribution is 6.36. The van der Waals surface area contributed by atoms with Gasteiger partial charge < -0.3 is 5.32 Å². The molecule has 1 aromatic rings. The van der Waals surface area contributed by atoms with E-state index in [1.54, 1.807) is 18.2 Å². The summed E-state index contributed by atoms with van der Waals surface area (Å²) in [6.07, 6.45) is 3.17. The molecular formula is C18H18Cl2N2O3. The van der Waals surface area contributed by atoms with Crippen LogP contribution in [0.3, 0.4) is 0 Å². The standard InChI is InChI=1S/C18H18Cl2N2O3/c19-11-3-4-13(12(20)8-11)21-14(23)5-6-22-17(24)15-9-1-2-10(7-9)16(15)18(22)25/h3-4,8-10,15-16H,1-2,5-7H2,(H,21,23)/t9-,10-,15-,16+/m0/s1. The van der Waals surface area contributed by atoms with Crippen molar-refractivity contribution < 1.29 is 14.4 Å². The summed E-state index contributed by atoms with van der Waals surface area (Å²) >= 11 is 11.9. The molecule has 2 saturated carbocycles. The number of rotatable bonds is 4. The molecule has 7 heteroatoms. The molecule has 4 rings (SSSR count). The third kappa shape index (κ3) is 2.83. The minimum Gasteiger partial charge on any atom is -0.325 e. The van der Waals surface area contributed by atoms with Crippen LogP contribution < -0.4 is 5.32 Å². The molecule has 1 N–H and O–H groups in total. The van der Waals surface area contributed by atoms with Crippen LogP contribution in [0.25, 0.3) is 0 Å². The highest BCUT2D eigenvalue weighted by Crippen LogP contribution is 2.56. The molecule has 4 atom stereocenters. The summed E-state index contributed by atoms with van der Waals surface area (Å²) in [5.41, 5.74) is 0.463. The van der Waals surface area contributed by atoms with E-state index < -0.39 is 0 Å². The summed E-state index contributed by atoms with van der Waals surface area (Å²) in [5.74, 6) is -0.0137. The zero-order valence-corrected chi connectivity index (χ0v) is 15.0. The number of halogens is 2. The van der Waals surface area contributed by atoms with Crippen LogP contribution in [0.1, 0.15) is 25.7 Å². The summed E-state index contributed by atoms with van der Waals surface area (Å²) in [6, 6.07) is 4.80. The van der Waals surface area contributed by atoms with E-state index in [4.69, 9.17) is 23.2 Å². The second kappa shape index (κ2) is 6.29. The number of carbonyl (C=O) groups is 3. The molecule has 5 nitrogen and oxygen atoms in total. The Hall–Kier alpha value is -1.59. The number of fused-ring (bicyclic) bond motifs is 5.